The predicted octanol–water partition coefficient (Wildman–Crippen LogP) is 3.05. The molecule has 0 unspecified atom stereocenters. The lowest BCUT2D eigenvalue weighted by molar-refractivity contribution is -0.145. The quantitative estimate of drug-likeness (QED) is 0.355. The highest BCUT2D eigenvalue weighted by Gasteiger charge is 2.18. The fourth-order valence-corrected chi connectivity index (χ4v) is 3.63. The van der Waals surface area contributed by atoms with Crippen molar-refractivity contribution in [3.63, 3.8) is 0 Å². The number of fused-ring (bicyclic) bond motifs is 1. The summed E-state index contributed by atoms with van der Waals surface area (Å²) in [6.45, 7) is 1.64. The third-order valence-corrected chi connectivity index (χ3v) is 6.25. The first-order valence-electron chi connectivity index (χ1n) is 9.00. The van der Waals surface area contributed by atoms with E-state index in [-0.39, 0.29) is 19.0 Å². The number of carbonyl (C=O) groups is 1. The minimum absolute atomic E-state index is 0.243. The number of H-pyrrole nitrogens is 1. The summed E-state index contributed by atoms with van der Waals surface area (Å²) < 4.78 is 17.4. The molecule has 162 valence electrons. The number of aromatic nitrogens is 2. The third kappa shape index (κ3) is 4.88. The average Bonchev–Trinajstić information content (AvgIpc) is 2.75. The lowest BCUT2D eigenvalue weighted by Gasteiger charge is -2.14. The number of halogens is 2. The van der Waals surface area contributed by atoms with E-state index in [1.165, 1.54) is 13.3 Å². The number of ether oxygens (including phenoxy) is 3. The summed E-state index contributed by atoms with van der Waals surface area (Å²) in [6.07, 6.45) is 1.33. The number of para-hydroxylation sites is 1. The lowest BCUT2D eigenvalue weighted by atomic mass is 10.2. The zero-order valence-corrected chi connectivity index (χ0v) is 19.7. The van der Waals surface area contributed by atoms with E-state index >= 15 is 0 Å². The van der Waals surface area contributed by atoms with E-state index in [4.69, 9.17) is 14.2 Å². The zero-order valence-electron chi connectivity index (χ0n) is 16.5. The molecule has 0 amide bonds. The normalized spacial score (nSPS) is 11.1. The highest BCUT2D eigenvalue weighted by Crippen LogP contribution is 2.42. The molecule has 0 radical (unpaired) electrons. The molecule has 3 aromatic rings. The smallest absolute Gasteiger partial charge is 0.349 e. The molecule has 0 fully saturated rings. The Kier molecular flexibility index (Phi) is 7.29. The van der Waals surface area contributed by atoms with Crippen LogP contribution < -0.4 is 20.7 Å². The highest BCUT2D eigenvalue weighted by atomic mass is 79.9. The zero-order chi connectivity index (χ0) is 22.5. The number of aromatic amines is 1. The van der Waals surface area contributed by atoms with Gasteiger partial charge in [0.05, 0.1) is 35.3 Å². The molecule has 1 N–H and O–H groups in total. The molecule has 0 aliphatic carbocycles. The van der Waals surface area contributed by atoms with Crippen molar-refractivity contribution < 1.29 is 19.0 Å². The van der Waals surface area contributed by atoms with Gasteiger partial charge < -0.3 is 19.2 Å². The Labute approximate surface area is 192 Å². The Morgan fingerprint density at radius 3 is 2.68 bits per heavy atom. The third-order valence-electron chi connectivity index (χ3n) is 4.11. The van der Waals surface area contributed by atoms with Crippen LogP contribution in [0.15, 0.2) is 54.0 Å². The fraction of sp³-hybridized carbons (Fsp3) is 0.200. The molecular formula is C20H17Br2N3O6. The van der Waals surface area contributed by atoms with Gasteiger partial charge in [-0.15, -0.1) is 4.68 Å². The van der Waals surface area contributed by atoms with E-state index in [1.807, 2.05) is 0 Å². The minimum Gasteiger partial charge on any atom is -0.493 e. The van der Waals surface area contributed by atoms with Crippen LogP contribution in [0.3, 0.4) is 0 Å². The molecule has 9 nitrogen and oxygen atoms in total. The van der Waals surface area contributed by atoms with Gasteiger partial charge >= 0.3 is 11.7 Å². The van der Waals surface area contributed by atoms with Gasteiger partial charge in [0.2, 0.25) is 0 Å². The first-order chi connectivity index (χ1) is 14.9. The maximum absolute atomic E-state index is 12.6. The van der Waals surface area contributed by atoms with Gasteiger partial charge in [0.1, 0.15) is 0 Å². The second kappa shape index (κ2) is 9.92. The number of nitrogens with zero attached hydrogens (tertiary/aromatic N) is 2. The Bertz CT molecular complexity index is 1280. The van der Waals surface area contributed by atoms with Gasteiger partial charge in [0.15, 0.2) is 18.1 Å². The summed E-state index contributed by atoms with van der Waals surface area (Å²) in [7, 11) is 1.44. The second-order valence-corrected chi connectivity index (χ2v) is 7.64. The minimum atomic E-state index is -0.670. The van der Waals surface area contributed by atoms with Crippen LogP contribution in [0.2, 0.25) is 0 Å². The van der Waals surface area contributed by atoms with Gasteiger partial charge in [0, 0.05) is 10.0 Å². The van der Waals surface area contributed by atoms with Crippen molar-refractivity contribution in [1.82, 2.24) is 9.66 Å². The summed E-state index contributed by atoms with van der Waals surface area (Å²) in [6, 6.07) is 8.24. The average molecular weight is 555 g/mol. The Morgan fingerprint density at radius 1 is 1.23 bits per heavy atom. The van der Waals surface area contributed by atoms with Crippen LogP contribution in [0.25, 0.3) is 10.9 Å². The van der Waals surface area contributed by atoms with Crippen LogP contribution in [-0.4, -0.2) is 42.2 Å². The van der Waals surface area contributed by atoms with E-state index in [2.05, 4.69) is 41.9 Å². The summed E-state index contributed by atoms with van der Waals surface area (Å²) in [5, 5.41) is 4.38. The number of benzene rings is 2. The molecule has 1 aromatic heterocycles. The molecule has 3 rings (SSSR count). The summed E-state index contributed by atoms with van der Waals surface area (Å²) in [5.41, 5.74) is -0.298. The van der Waals surface area contributed by atoms with Crippen LogP contribution in [0.5, 0.6) is 11.5 Å². The highest BCUT2D eigenvalue weighted by molar-refractivity contribution is 9.13. The van der Waals surface area contributed by atoms with Gasteiger partial charge in [-0.25, -0.2) is 9.59 Å². The Hall–Kier alpha value is -2.92. The largest absolute Gasteiger partial charge is 0.493 e. The number of carbonyl (C=O) groups excluding carboxylic acids is 1. The van der Waals surface area contributed by atoms with Crippen molar-refractivity contribution in [2.24, 2.45) is 5.10 Å². The van der Waals surface area contributed by atoms with E-state index in [1.54, 1.807) is 37.3 Å². The molecule has 0 bridgehead atoms. The molecule has 0 atom stereocenters. The van der Waals surface area contributed by atoms with Crippen LogP contribution in [-0.2, 0) is 9.53 Å². The molecular weight excluding hydrogens is 538 g/mol. The summed E-state index contributed by atoms with van der Waals surface area (Å²) in [4.78, 5) is 39.1. The van der Waals surface area contributed by atoms with E-state index in [0.717, 1.165) is 4.68 Å². The van der Waals surface area contributed by atoms with Crippen LogP contribution in [0, 0.1) is 0 Å². The number of hydrogen-bond acceptors (Lipinski definition) is 7. The van der Waals surface area contributed by atoms with Gasteiger partial charge in [-0.3, -0.25) is 4.79 Å². The van der Waals surface area contributed by atoms with Gasteiger partial charge in [-0.1, -0.05) is 12.1 Å². The lowest BCUT2D eigenvalue weighted by Crippen LogP contribution is -2.32. The van der Waals surface area contributed by atoms with E-state index < -0.39 is 17.2 Å². The van der Waals surface area contributed by atoms with Gasteiger partial charge in [-0.05, 0) is 57.0 Å². The molecule has 1 heterocycles. The van der Waals surface area contributed by atoms with E-state index in [9.17, 15) is 14.4 Å². The molecule has 0 saturated carbocycles. The second-order valence-electron chi connectivity index (χ2n) is 6.06. The molecule has 0 spiro atoms. The first-order valence-corrected chi connectivity index (χ1v) is 10.6. The maximum atomic E-state index is 12.6. The molecule has 0 saturated heterocycles. The number of nitrogens with one attached hydrogen (secondary N) is 1. The summed E-state index contributed by atoms with van der Waals surface area (Å²) in [5.74, 6) is 0.0639. The fourth-order valence-electron chi connectivity index (χ4n) is 2.70. The Balaban J connectivity index is 1.99. The molecule has 2 aromatic carbocycles. The van der Waals surface area contributed by atoms with Crippen LogP contribution in [0.1, 0.15) is 12.5 Å². The van der Waals surface area contributed by atoms with Crippen molar-refractivity contribution in [2.75, 3.05) is 20.3 Å². The number of methoxy groups -OCH3 is 1. The van der Waals surface area contributed by atoms with Gasteiger partial charge in [-0.2, -0.15) is 5.10 Å². The molecule has 0 aliphatic heterocycles. The Morgan fingerprint density at radius 2 is 1.97 bits per heavy atom. The monoisotopic (exact) mass is 553 g/mol. The van der Waals surface area contributed by atoms with Crippen LogP contribution in [0.4, 0.5) is 0 Å². The molecule has 11 heteroatoms. The van der Waals surface area contributed by atoms with Crippen molar-refractivity contribution >= 4 is 54.9 Å². The number of rotatable bonds is 7. The number of esters is 1. The molecule has 0 aliphatic rings. The number of hydrogen-bond donors (Lipinski definition) is 1. The standard InChI is InChI=1S/C20H17Br2N3O6/c1-3-30-15(26)10-31-18-14(29-2)8-11(16(21)17(18)22)9-23-25-19(27)12-6-4-5-7-13(12)24-20(25)28/h4-9H,3,10H2,1-2H3,(H,24,28). The van der Waals surface area contributed by atoms with Crippen molar-refractivity contribution in [3.8, 4) is 11.5 Å². The topological polar surface area (TPSA) is 112 Å². The summed E-state index contributed by atoms with van der Waals surface area (Å²) >= 11 is 6.82. The van der Waals surface area contributed by atoms with Gasteiger partial charge in [0.25, 0.3) is 5.56 Å². The van der Waals surface area contributed by atoms with Crippen LogP contribution >= 0.6 is 31.9 Å². The maximum Gasteiger partial charge on any atom is 0.349 e. The first kappa shape index (κ1) is 22.8. The predicted molar refractivity (Wildman–Crippen MR) is 122 cm³/mol. The van der Waals surface area contributed by atoms with Crippen molar-refractivity contribution in [1.29, 1.82) is 0 Å². The van der Waals surface area contributed by atoms with E-state index in [0.29, 0.717) is 31.2 Å². The SMILES string of the molecule is CCOC(=O)COc1c(OC)cc(C=Nn2c(=O)[nH]c3ccccc3c2=O)c(Br)c1Br. The molecule has 31 heavy (non-hydrogen) atoms. The van der Waals surface area contributed by atoms with Crippen molar-refractivity contribution in [2.45, 2.75) is 6.92 Å². The van der Waals surface area contributed by atoms with Crippen molar-refractivity contribution in [3.05, 3.63) is 65.7 Å².